The zero-order valence-corrected chi connectivity index (χ0v) is 36.1. The lowest BCUT2D eigenvalue weighted by Crippen LogP contribution is -2.60. The molecule has 0 aromatic heterocycles. The normalized spacial score (nSPS) is 13.5. The van der Waals surface area contributed by atoms with Crippen molar-refractivity contribution in [1.29, 1.82) is 0 Å². The van der Waals surface area contributed by atoms with E-state index in [9.17, 15) is 0 Å². The first kappa shape index (κ1) is 47.9. The number of unbranched alkanes of at least 4 members (excludes halogenated alkanes) is 28. The Labute approximate surface area is 331 Å². The lowest BCUT2D eigenvalue weighted by molar-refractivity contribution is -0.387. The Morgan fingerprint density at radius 2 is 0.642 bits per heavy atom. The van der Waals surface area contributed by atoms with Crippen LogP contribution in [0, 0.1) is 0 Å². The summed E-state index contributed by atoms with van der Waals surface area (Å²) >= 11 is 0. The van der Waals surface area contributed by atoms with Crippen molar-refractivity contribution < 1.29 is 14.2 Å². The van der Waals surface area contributed by atoms with Crippen LogP contribution in [0.1, 0.15) is 233 Å². The second kappa shape index (κ2) is 34.0. The lowest BCUT2D eigenvalue weighted by atomic mass is 10.1. The van der Waals surface area contributed by atoms with E-state index in [0.29, 0.717) is 6.73 Å². The highest BCUT2D eigenvalue weighted by atomic mass is 16.9. The highest BCUT2D eigenvalue weighted by Crippen LogP contribution is 2.34. The van der Waals surface area contributed by atoms with Gasteiger partial charge in [0.2, 0.25) is 0 Å². The highest BCUT2D eigenvalue weighted by molar-refractivity contribution is 5.33. The summed E-state index contributed by atoms with van der Waals surface area (Å²) in [6.07, 6.45) is 41.3. The Morgan fingerprint density at radius 3 is 0.943 bits per heavy atom. The predicted molar refractivity (Wildman–Crippen MR) is 230 cm³/mol. The molecular weight excluding hydrogens is 653 g/mol. The Hall–Kier alpha value is -1.30. The van der Waals surface area contributed by atoms with E-state index in [-0.39, 0.29) is 0 Å². The van der Waals surface area contributed by atoms with Gasteiger partial charge in [0.15, 0.2) is 0 Å². The van der Waals surface area contributed by atoms with Crippen molar-refractivity contribution in [3.63, 3.8) is 0 Å². The summed E-state index contributed by atoms with van der Waals surface area (Å²) in [5.41, 5.74) is 0. The van der Waals surface area contributed by atoms with Gasteiger partial charge in [-0.15, -0.1) is 0 Å². The topological polar surface area (TPSA) is 34.2 Å². The van der Waals surface area contributed by atoms with E-state index in [1.54, 1.807) is 0 Å². The number of rotatable bonds is 40. The van der Waals surface area contributed by atoms with Gasteiger partial charge in [-0.1, -0.05) is 207 Å². The first-order valence-corrected chi connectivity index (χ1v) is 23.8. The van der Waals surface area contributed by atoms with Gasteiger partial charge in [0.05, 0.1) is 0 Å². The lowest BCUT2D eigenvalue weighted by Gasteiger charge is -2.41. The summed E-state index contributed by atoms with van der Waals surface area (Å²) in [7, 11) is 0. The van der Waals surface area contributed by atoms with Gasteiger partial charge in [0, 0.05) is 26.2 Å². The highest BCUT2D eigenvalue weighted by Gasteiger charge is 2.46. The molecule has 0 N–H and O–H groups in total. The second-order valence-corrected chi connectivity index (χ2v) is 16.5. The van der Waals surface area contributed by atoms with Crippen LogP contribution in [-0.2, 0) is 4.74 Å². The number of ether oxygens (including phenoxy) is 3. The maximum absolute atomic E-state index is 7.03. The molecule has 0 aliphatic carbocycles. The van der Waals surface area contributed by atoms with Gasteiger partial charge < -0.3 is 9.47 Å². The molecule has 0 unspecified atom stereocenters. The molecule has 3 rings (SSSR count). The average Bonchev–Trinajstić information content (AvgIpc) is 3.47. The fraction of sp³-hybridized carbons (Fsp3) is 0.875. The van der Waals surface area contributed by atoms with Crippen LogP contribution in [-0.4, -0.2) is 48.8 Å². The Morgan fingerprint density at radius 1 is 0.377 bits per heavy atom. The van der Waals surface area contributed by atoms with Crippen LogP contribution < -0.4 is 9.47 Å². The first-order valence-electron chi connectivity index (χ1n) is 23.8. The van der Waals surface area contributed by atoms with Gasteiger partial charge in [0.1, 0.15) is 18.2 Å². The molecule has 0 radical (unpaired) electrons. The van der Waals surface area contributed by atoms with Crippen LogP contribution in [0.15, 0.2) is 24.3 Å². The van der Waals surface area contributed by atoms with Crippen molar-refractivity contribution in [3.8, 4) is 11.5 Å². The van der Waals surface area contributed by atoms with E-state index < -0.39 is 6.10 Å². The van der Waals surface area contributed by atoms with Gasteiger partial charge in [-0.25, -0.2) is 4.90 Å². The van der Waals surface area contributed by atoms with Crippen molar-refractivity contribution in [3.05, 3.63) is 24.3 Å². The Balaban J connectivity index is 2.08. The fourth-order valence-corrected chi connectivity index (χ4v) is 7.78. The van der Waals surface area contributed by atoms with Gasteiger partial charge in [0.25, 0.3) is 0 Å². The molecule has 53 heavy (non-hydrogen) atoms. The van der Waals surface area contributed by atoms with Gasteiger partial charge in [-0.05, 0) is 49.9 Å². The maximum atomic E-state index is 7.03. The fourth-order valence-electron chi connectivity index (χ4n) is 7.78. The molecule has 0 saturated carbocycles. The Kier molecular flexibility index (Phi) is 30.7. The molecule has 2 aliphatic rings. The number of fused-ring (bicyclic) bond motifs is 4. The molecule has 0 atom stereocenters. The van der Waals surface area contributed by atoms with Crippen molar-refractivity contribution in [2.24, 2.45) is 0 Å². The number of nitrogens with zero attached hydrogens (tertiary/aromatic N) is 2. The molecule has 2 aliphatic heterocycles. The van der Waals surface area contributed by atoms with Crippen LogP contribution in [0.2, 0.25) is 0 Å². The molecule has 310 valence electrons. The minimum atomic E-state index is -1.23. The predicted octanol–water partition coefficient (Wildman–Crippen LogP) is 15.2. The van der Waals surface area contributed by atoms with Crippen molar-refractivity contribution >= 4 is 0 Å². The number of benzene rings is 1. The molecule has 1 aromatic rings. The third-order valence-corrected chi connectivity index (χ3v) is 11.4. The second-order valence-electron chi connectivity index (χ2n) is 16.5. The molecule has 0 fully saturated rings. The maximum Gasteiger partial charge on any atom is 0.448 e. The molecule has 5 nitrogen and oxygen atoms in total. The average molecular weight is 743 g/mol. The molecule has 0 spiro atoms. The van der Waals surface area contributed by atoms with E-state index >= 15 is 0 Å². The monoisotopic (exact) mass is 743 g/mol. The van der Waals surface area contributed by atoms with Crippen molar-refractivity contribution in [1.82, 2.24) is 9.80 Å². The van der Waals surface area contributed by atoms with Crippen molar-refractivity contribution in [2.45, 2.75) is 239 Å². The summed E-state index contributed by atoms with van der Waals surface area (Å²) in [4.78, 5) is 4.99. The minimum absolute atomic E-state index is 0.541. The van der Waals surface area contributed by atoms with Gasteiger partial charge >= 0.3 is 6.10 Å². The molecule has 0 amide bonds. The minimum Gasteiger partial charge on any atom is -0.417 e. The van der Waals surface area contributed by atoms with Crippen LogP contribution in [0.3, 0.4) is 0 Å². The number of hydrogen-bond acceptors (Lipinski definition) is 5. The standard InChI is InChI=1S/C48H90N2O3/c1-5-9-13-17-21-25-29-33-41-49(42-34-30-26-22-18-14-10-6-2)45-51-48(52-46-37-38-47(53-48)40-39-46)50(43-35-31-27-23-19-15-11-7-3)44-36-32-28-24-20-16-12-8-4/h37-40H,5-36,41-45H2,1-4H3. The van der Waals surface area contributed by atoms with E-state index in [0.717, 1.165) is 50.5 Å². The third kappa shape index (κ3) is 24.1. The van der Waals surface area contributed by atoms with E-state index in [4.69, 9.17) is 14.2 Å². The molecule has 5 heteroatoms. The van der Waals surface area contributed by atoms with Crippen LogP contribution in [0.25, 0.3) is 0 Å². The third-order valence-electron chi connectivity index (χ3n) is 11.4. The molecule has 0 saturated heterocycles. The van der Waals surface area contributed by atoms with Crippen LogP contribution >= 0.6 is 0 Å². The Bertz CT molecular complexity index is 844. The quantitative estimate of drug-likeness (QED) is 0.0494. The van der Waals surface area contributed by atoms with Crippen LogP contribution in [0.4, 0.5) is 0 Å². The van der Waals surface area contributed by atoms with E-state index in [1.807, 2.05) is 24.3 Å². The summed E-state index contributed by atoms with van der Waals surface area (Å²) in [6.45, 7) is 13.8. The summed E-state index contributed by atoms with van der Waals surface area (Å²) in [5, 5.41) is 0. The molecule has 1 aromatic carbocycles. The zero-order chi connectivity index (χ0) is 37.9. The molecular formula is C48H90N2O3. The van der Waals surface area contributed by atoms with Crippen molar-refractivity contribution in [2.75, 3.05) is 32.9 Å². The van der Waals surface area contributed by atoms with Gasteiger partial charge in [-0.3, -0.25) is 9.64 Å². The van der Waals surface area contributed by atoms with Gasteiger partial charge in [-0.2, -0.15) is 0 Å². The summed E-state index contributed by atoms with van der Waals surface area (Å²) < 4.78 is 20.6. The number of hydrogen-bond donors (Lipinski definition) is 0. The molecule has 2 heterocycles. The first-order chi connectivity index (χ1) is 26.2. The zero-order valence-electron chi connectivity index (χ0n) is 36.1. The summed E-state index contributed by atoms with van der Waals surface area (Å²) in [5.74, 6) is 1.67. The smallest absolute Gasteiger partial charge is 0.417 e. The summed E-state index contributed by atoms with van der Waals surface area (Å²) in [6, 6.07) is 8.18. The largest absolute Gasteiger partial charge is 0.448 e. The SMILES string of the molecule is CCCCCCCCCCN(CCCCCCCCCC)COC1(N(CCCCCCCCCC)CCCCCCCCCC)Oc2ccc(cc2)O1. The van der Waals surface area contributed by atoms with E-state index in [2.05, 4.69) is 37.5 Å². The molecule has 2 bridgehead atoms. The van der Waals surface area contributed by atoms with E-state index in [1.165, 1.54) is 193 Å². The van der Waals surface area contributed by atoms with Crippen LogP contribution in [0.5, 0.6) is 11.5 Å².